The smallest absolute Gasteiger partial charge is 0.272 e. The van der Waals surface area contributed by atoms with Crippen molar-refractivity contribution in [3.8, 4) is 11.5 Å². The molecule has 0 saturated heterocycles. The van der Waals surface area contributed by atoms with Gasteiger partial charge in [0.1, 0.15) is 11.1 Å². The first-order valence-electron chi connectivity index (χ1n) is 13.4. The van der Waals surface area contributed by atoms with Gasteiger partial charge in [-0.2, -0.15) is 5.10 Å². The second-order valence-corrected chi connectivity index (χ2v) is 11.1. The number of aromatic nitrogens is 1. The summed E-state index contributed by atoms with van der Waals surface area (Å²) >= 11 is 1.62. The Balaban J connectivity index is 1.36. The number of carbonyl (C=O) groups is 2. The van der Waals surface area contributed by atoms with E-state index < -0.39 is 5.37 Å². The predicted molar refractivity (Wildman–Crippen MR) is 155 cm³/mol. The summed E-state index contributed by atoms with van der Waals surface area (Å²) in [6.07, 6.45) is 8.24. The normalized spacial score (nSPS) is 19.4. The van der Waals surface area contributed by atoms with Gasteiger partial charge in [-0.25, -0.2) is 0 Å². The molecule has 8 nitrogen and oxygen atoms in total. The third kappa shape index (κ3) is 6.30. The van der Waals surface area contributed by atoms with Crippen molar-refractivity contribution < 1.29 is 19.1 Å². The van der Waals surface area contributed by atoms with E-state index in [9.17, 15) is 9.59 Å². The largest absolute Gasteiger partial charge is 0.493 e. The van der Waals surface area contributed by atoms with Crippen molar-refractivity contribution in [3.05, 3.63) is 77.6 Å². The summed E-state index contributed by atoms with van der Waals surface area (Å²) in [4.78, 5) is 27.3. The Morgan fingerprint density at radius 3 is 2.62 bits per heavy atom. The third-order valence-corrected chi connectivity index (χ3v) is 8.60. The van der Waals surface area contributed by atoms with Gasteiger partial charge < -0.3 is 24.6 Å². The maximum Gasteiger partial charge on any atom is 0.272 e. The van der Waals surface area contributed by atoms with Gasteiger partial charge in [-0.1, -0.05) is 19.1 Å². The monoisotopic (exact) mass is 546 g/mol. The van der Waals surface area contributed by atoms with Crippen LogP contribution in [0.25, 0.3) is 0 Å². The lowest BCUT2D eigenvalue weighted by Gasteiger charge is -2.35. The fourth-order valence-corrected chi connectivity index (χ4v) is 6.16. The SMILES string of the molecule is CCC1SC(C=O)N(Cc2ccc(NC(=O)c3ccc[nH]3)cc2)N=C1c1ccc(OC)c(OC2CCCC2)c1. The molecule has 5 rings (SSSR count). The maximum absolute atomic E-state index is 12.3. The lowest BCUT2D eigenvalue weighted by molar-refractivity contribution is -0.110. The fourth-order valence-electron chi connectivity index (χ4n) is 4.99. The molecule has 9 heteroatoms. The summed E-state index contributed by atoms with van der Waals surface area (Å²) in [5.74, 6) is 1.26. The molecule has 1 aromatic heterocycles. The molecule has 0 radical (unpaired) electrons. The van der Waals surface area contributed by atoms with Gasteiger partial charge >= 0.3 is 0 Å². The summed E-state index contributed by atoms with van der Waals surface area (Å²) < 4.78 is 11.9. The molecule has 1 aliphatic carbocycles. The number of nitrogens with zero attached hydrogens (tertiary/aromatic N) is 2. The topological polar surface area (TPSA) is 96.0 Å². The molecule has 39 heavy (non-hydrogen) atoms. The highest BCUT2D eigenvalue weighted by atomic mass is 32.2. The molecule has 1 aliphatic heterocycles. The van der Waals surface area contributed by atoms with Gasteiger partial charge in [-0.05, 0) is 80.1 Å². The van der Waals surface area contributed by atoms with Crippen molar-refractivity contribution in [2.75, 3.05) is 12.4 Å². The number of nitrogens with one attached hydrogen (secondary N) is 2. The Morgan fingerprint density at radius 1 is 1.15 bits per heavy atom. The van der Waals surface area contributed by atoms with Crippen LogP contribution in [0.4, 0.5) is 5.69 Å². The number of amides is 1. The number of H-pyrrole nitrogens is 1. The second kappa shape index (κ2) is 12.4. The number of methoxy groups -OCH3 is 1. The Bertz CT molecular complexity index is 1300. The van der Waals surface area contributed by atoms with Gasteiger partial charge in [0, 0.05) is 17.4 Å². The Morgan fingerprint density at radius 2 is 1.95 bits per heavy atom. The average molecular weight is 547 g/mol. The Hall–Kier alpha value is -3.72. The van der Waals surface area contributed by atoms with E-state index in [-0.39, 0.29) is 17.3 Å². The van der Waals surface area contributed by atoms with Crippen LogP contribution in [-0.2, 0) is 11.3 Å². The number of carbonyl (C=O) groups excluding carboxylic acids is 2. The number of hydrogen-bond acceptors (Lipinski definition) is 7. The molecule has 2 heterocycles. The number of anilines is 1. The first kappa shape index (κ1) is 26.9. The average Bonchev–Trinajstić information content (AvgIpc) is 3.69. The van der Waals surface area contributed by atoms with Crippen LogP contribution in [0.3, 0.4) is 0 Å². The number of rotatable bonds is 10. The summed E-state index contributed by atoms with van der Waals surface area (Å²) in [5, 5.41) is 9.42. The molecule has 204 valence electrons. The van der Waals surface area contributed by atoms with Crippen LogP contribution in [0.15, 0.2) is 65.9 Å². The van der Waals surface area contributed by atoms with Gasteiger partial charge in [0.25, 0.3) is 5.91 Å². The van der Waals surface area contributed by atoms with Crippen molar-refractivity contribution in [2.24, 2.45) is 5.10 Å². The third-order valence-electron chi connectivity index (χ3n) is 7.08. The molecular formula is C30H34N4O4S. The number of thioether (sulfide) groups is 1. The molecule has 2 atom stereocenters. The number of aldehydes is 1. The van der Waals surface area contributed by atoms with Gasteiger partial charge in [0.05, 0.1) is 30.7 Å². The van der Waals surface area contributed by atoms with Crippen LogP contribution in [-0.4, -0.2) is 51.7 Å². The molecule has 2 N–H and O–H groups in total. The van der Waals surface area contributed by atoms with Crippen molar-refractivity contribution >= 4 is 35.4 Å². The predicted octanol–water partition coefficient (Wildman–Crippen LogP) is 5.85. The molecule has 1 amide bonds. The Kier molecular flexibility index (Phi) is 8.56. The van der Waals surface area contributed by atoms with E-state index in [4.69, 9.17) is 14.6 Å². The number of ether oxygens (including phenoxy) is 2. The molecule has 1 fully saturated rings. The highest BCUT2D eigenvalue weighted by Gasteiger charge is 2.32. The minimum atomic E-state index is -0.390. The van der Waals surface area contributed by atoms with E-state index in [1.54, 1.807) is 37.2 Å². The first-order chi connectivity index (χ1) is 19.1. The standard InChI is InChI=1S/C30H34N4O4S/c1-3-27-29(21-12-15-25(37-2)26(17-21)38-23-7-4-5-8-23)33-34(28(19-35)39-27)18-20-10-13-22(14-11-20)32-30(36)24-9-6-16-31-24/h6,9-17,19,23,27-28,31H,3-5,7-8,18H2,1-2H3,(H,32,36). The van der Waals surface area contributed by atoms with E-state index in [1.165, 1.54) is 12.8 Å². The minimum Gasteiger partial charge on any atom is -0.493 e. The zero-order valence-corrected chi connectivity index (χ0v) is 23.1. The van der Waals surface area contributed by atoms with Gasteiger partial charge in [-0.3, -0.25) is 9.80 Å². The molecule has 2 aliphatic rings. The zero-order valence-electron chi connectivity index (χ0n) is 22.3. The maximum atomic E-state index is 12.3. The van der Waals surface area contributed by atoms with Gasteiger partial charge in [-0.15, -0.1) is 11.8 Å². The number of benzene rings is 2. The fraction of sp³-hybridized carbons (Fsp3) is 0.367. The highest BCUT2D eigenvalue weighted by Crippen LogP contribution is 2.37. The van der Waals surface area contributed by atoms with Crippen LogP contribution in [0.1, 0.15) is 60.6 Å². The summed E-state index contributed by atoms with van der Waals surface area (Å²) in [6, 6.07) is 17.1. The molecule has 2 unspecified atom stereocenters. The van der Waals surface area contributed by atoms with E-state index in [0.717, 1.165) is 48.1 Å². The molecule has 0 bridgehead atoms. The summed E-state index contributed by atoms with van der Waals surface area (Å²) in [5.41, 5.74) is 4.08. The van der Waals surface area contributed by atoms with Crippen LogP contribution in [0, 0.1) is 0 Å². The minimum absolute atomic E-state index is 0.0785. The quantitative estimate of drug-likeness (QED) is 0.310. The lowest BCUT2D eigenvalue weighted by atomic mass is 10.0. The van der Waals surface area contributed by atoms with Crippen LogP contribution in [0.2, 0.25) is 0 Å². The summed E-state index contributed by atoms with van der Waals surface area (Å²) in [7, 11) is 1.66. The molecular weight excluding hydrogens is 512 g/mol. The zero-order chi connectivity index (χ0) is 27.2. The number of hydrazone groups is 1. The van der Waals surface area contributed by atoms with E-state index in [0.29, 0.717) is 23.7 Å². The van der Waals surface area contributed by atoms with Crippen LogP contribution < -0.4 is 14.8 Å². The Labute approximate surface area is 233 Å². The molecule has 1 saturated carbocycles. The van der Waals surface area contributed by atoms with Gasteiger partial charge in [0.15, 0.2) is 17.8 Å². The lowest BCUT2D eigenvalue weighted by Crippen LogP contribution is -2.39. The van der Waals surface area contributed by atoms with Crippen LogP contribution in [0.5, 0.6) is 11.5 Å². The van der Waals surface area contributed by atoms with E-state index >= 15 is 0 Å². The van der Waals surface area contributed by atoms with E-state index in [2.05, 4.69) is 17.2 Å². The van der Waals surface area contributed by atoms with Crippen molar-refractivity contribution in [1.29, 1.82) is 0 Å². The highest BCUT2D eigenvalue weighted by molar-refractivity contribution is 8.01. The van der Waals surface area contributed by atoms with Gasteiger partial charge in [0.2, 0.25) is 0 Å². The molecule has 3 aromatic rings. The van der Waals surface area contributed by atoms with Crippen molar-refractivity contribution in [3.63, 3.8) is 0 Å². The van der Waals surface area contributed by atoms with Crippen molar-refractivity contribution in [2.45, 2.75) is 62.3 Å². The van der Waals surface area contributed by atoms with Crippen molar-refractivity contribution in [1.82, 2.24) is 9.99 Å². The van der Waals surface area contributed by atoms with Crippen LogP contribution >= 0.6 is 11.8 Å². The first-order valence-corrected chi connectivity index (χ1v) is 14.4. The number of aromatic amines is 1. The summed E-state index contributed by atoms with van der Waals surface area (Å²) in [6.45, 7) is 2.58. The molecule has 2 aromatic carbocycles. The number of hydrogen-bond donors (Lipinski definition) is 2. The second-order valence-electron chi connectivity index (χ2n) is 9.77. The van der Waals surface area contributed by atoms with E-state index in [1.807, 2.05) is 47.5 Å². The molecule has 0 spiro atoms.